The van der Waals surface area contributed by atoms with Gasteiger partial charge in [0.25, 0.3) is 0 Å². The molecule has 0 amide bonds. The minimum Gasteiger partial charge on any atom is -0.304 e. The summed E-state index contributed by atoms with van der Waals surface area (Å²) in [5.41, 5.74) is 3.12. The number of benzene rings is 1. The molecule has 6 heteroatoms. The van der Waals surface area contributed by atoms with E-state index in [-0.39, 0.29) is 6.04 Å². The summed E-state index contributed by atoms with van der Waals surface area (Å²) in [6.45, 7) is 6.06. The molecular weight excluding hydrogens is 331 g/mol. The maximum absolute atomic E-state index is 6.58. The predicted molar refractivity (Wildman–Crippen MR) is 95.3 cm³/mol. The van der Waals surface area contributed by atoms with Gasteiger partial charge in [0.2, 0.25) is 0 Å². The van der Waals surface area contributed by atoms with E-state index in [4.69, 9.17) is 23.2 Å². The van der Waals surface area contributed by atoms with Crippen LogP contribution in [0.15, 0.2) is 24.3 Å². The Kier molecular flexibility index (Phi) is 4.97. The monoisotopic (exact) mass is 352 g/mol. The summed E-state index contributed by atoms with van der Waals surface area (Å²) in [6.07, 6.45) is 0. The van der Waals surface area contributed by atoms with Crippen LogP contribution in [0.2, 0.25) is 10.2 Å². The van der Waals surface area contributed by atoms with Crippen LogP contribution in [0.5, 0.6) is 0 Å². The van der Waals surface area contributed by atoms with Gasteiger partial charge in [0.15, 0.2) is 0 Å². The first kappa shape index (κ1) is 16.8. The van der Waals surface area contributed by atoms with Crippen LogP contribution in [-0.4, -0.2) is 52.8 Å². The Morgan fingerprint density at radius 3 is 2.26 bits per heavy atom. The summed E-state index contributed by atoms with van der Waals surface area (Å²) < 4.78 is 1.74. The normalized spacial score (nSPS) is 18.3. The first-order chi connectivity index (χ1) is 11.0. The van der Waals surface area contributed by atoms with Crippen molar-refractivity contribution < 1.29 is 0 Å². The molecule has 0 saturated carbocycles. The van der Waals surface area contributed by atoms with Crippen molar-refractivity contribution in [3.05, 3.63) is 51.3 Å². The van der Waals surface area contributed by atoms with Gasteiger partial charge in [-0.05, 0) is 25.6 Å². The fraction of sp³-hybridized carbons (Fsp3) is 0.471. The van der Waals surface area contributed by atoms with Crippen LogP contribution in [0.3, 0.4) is 0 Å². The van der Waals surface area contributed by atoms with E-state index >= 15 is 0 Å². The number of rotatable bonds is 3. The van der Waals surface area contributed by atoms with Gasteiger partial charge < -0.3 is 4.90 Å². The SMILES string of the molecule is Cc1nn(C)c(Cl)c1[C@@H](c1ccccc1Cl)N1CCN(C)CC1. The van der Waals surface area contributed by atoms with Crippen LogP contribution >= 0.6 is 23.2 Å². The topological polar surface area (TPSA) is 24.3 Å². The molecule has 1 saturated heterocycles. The molecule has 2 heterocycles. The highest BCUT2D eigenvalue weighted by Gasteiger charge is 2.31. The number of aryl methyl sites for hydroxylation is 2. The molecule has 4 nitrogen and oxygen atoms in total. The molecule has 0 bridgehead atoms. The first-order valence-electron chi connectivity index (χ1n) is 7.85. The van der Waals surface area contributed by atoms with Crippen molar-refractivity contribution >= 4 is 23.2 Å². The van der Waals surface area contributed by atoms with Gasteiger partial charge in [0.05, 0.1) is 11.7 Å². The quantitative estimate of drug-likeness (QED) is 0.846. The molecule has 124 valence electrons. The summed E-state index contributed by atoms with van der Waals surface area (Å²) in [5, 5.41) is 5.96. The van der Waals surface area contributed by atoms with Crippen LogP contribution in [-0.2, 0) is 7.05 Å². The Morgan fingerprint density at radius 1 is 1.04 bits per heavy atom. The maximum atomic E-state index is 6.58. The lowest BCUT2D eigenvalue weighted by Crippen LogP contribution is -2.46. The van der Waals surface area contributed by atoms with Crippen molar-refractivity contribution in [2.45, 2.75) is 13.0 Å². The molecule has 0 N–H and O–H groups in total. The van der Waals surface area contributed by atoms with Gasteiger partial charge in [0.1, 0.15) is 5.15 Å². The summed E-state index contributed by atoms with van der Waals surface area (Å²) >= 11 is 13.1. The van der Waals surface area contributed by atoms with Gasteiger partial charge in [-0.3, -0.25) is 9.58 Å². The van der Waals surface area contributed by atoms with Crippen molar-refractivity contribution in [3.63, 3.8) is 0 Å². The fourth-order valence-corrected chi connectivity index (χ4v) is 3.79. The van der Waals surface area contributed by atoms with Crippen LogP contribution in [0.25, 0.3) is 0 Å². The van der Waals surface area contributed by atoms with Gasteiger partial charge in [-0.15, -0.1) is 0 Å². The third kappa shape index (κ3) is 3.26. The molecule has 0 unspecified atom stereocenters. The van der Waals surface area contributed by atoms with Crippen LogP contribution in [0.4, 0.5) is 0 Å². The Morgan fingerprint density at radius 2 is 1.70 bits per heavy atom. The van der Waals surface area contributed by atoms with Crippen molar-refractivity contribution in [3.8, 4) is 0 Å². The maximum Gasteiger partial charge on any atom is 0.132 e. The largest absolute Gasteiger partial charge is 0.304 e. The first-order valence-corrected chi connectivity index (χ1v) is 8.60. The Labute approximate surface area is 147 Å². The average Bonchev–Trinajstić information content (AvgIpc) is 2.77. The van der Waals surface area contributed by atoms with Crippen molar-refractivity contribution in [2.24, 2.45) is 7.05 Å². The molecule has 1 aliphatic rings. The van der Waals surface area contributed by atoms with E-state index in [1.54, 1.807) is 4.68 Å². The zero-order valence-electron chi connectivity index (χ0n) is 13.8. The second kappa shape index (κ2) is 6.81. The van der Waals surface area contributed by atoms with E-state index in [1.807, 2.05) is 32.2 Å². The smallest absolute Gasteiger partial charge is 0.132 e. The number of nitrogens with zero attached hydrogens (tertiary/aromatic N) is 4. The Balaban J connectivity index is 2.09. The highest BCUT2D eigenvalue weighted by Crippen LogP contribution is 2.38. The van der Waals surface area contributed by atoms with E-state index in [1.165, 1.54) is 0 Å². The lowest BCUT2D eigenvalue weighted by molar-refractivity contribution is 0.127. The molecule has 1 aliphatic heterocycles. The van der Waals surface area contributed by atoms with Crippen LogP contribution in [0, 0.1) is 6.92 Å². The number of hydrogen-bond acceptors (Lipinski definition) is 3. The zero-order valence-corrected chi connectivity index (χ0v) is 15.3. The highest BCUT2D eigenvalue weighted by molar-refractivity contribution is 6.32. The minimum atomic E-state index is 0.0404. The number of likely N-dealkylation sites (N-methyl/N-ethyl adjacent to an activating group) is 1. The molecule has 0 spiro atoms. The molecule has 0 aliphatic carbocycles. The Bertz CT molecular complexity index is 690. The highest BCUT2D eigenvalue weighted by atomic mass is 35.5. The average molecular weight is 353 g/mol. The van der Waals surface area contributed by atoms with Crippen molar-refractivity contribution in [2.75, 3.05) is 33.2 Å². The number of piperazine rings is 1. The molecule has 1 aromatic carbocycles. The van der Waals surface area contributed by atoms with Crippen LogP contribution in [0.1, 0.15) is 22.9 Å². The van der Waals surface area contributed by atoms with Crippen molar-refractivity contribution in [1.82, 2.24) is 19.6 Å². The van der Waals surface area contributed by atoms with E-state index in [0.717, 1.165) is 48.0 Å². The molecule has 0 radical (unpaired) electrons. The molecule has 2 aromatic rings. The zero-order chi connectivity index (χ0) is 16.6. The van der Waals surface area contributed by atoms with E-state index in [9.17, 15) is 0 Å². The molecular formula is C17H22Cl2N4. The third-order valence-corrected chi connectivity index (χ3v) is 5.36. The molecule has 1 atom stereocenters. The lowest BCUT2D eigenvalue weighted by atomic mass is 9.96. The van der Waals surface area contributed by atoms with Gasteiger partial charge >= 0.3 is 0 Å². The summed E-state index contributed by atoms with van der Waals surface area (Å²) in [6, 6.07) is 8.07. The van der Waals surface area contributed by atoms with E-state index in [2.05, 4.69) is 28.0 Å². The summed E-state index contributed by atoms with van der Waals surface area (Å²) in [5.74, 6) is 0. The third-order valence-electron chi connectivity index (χ3n) is 4.57. The summed E-state index contributed by atoms with van der Waals surface area (Å²) in [4.78, 5) is 4.80. The minimum absolute atomic E-state index is 0.0404. The number of hydrogen-bond donors (Lipinski definition) is 0. The fourth-order valence-electron chi connectivity index (χ4n) is 3.27. The van der Waals surface area contributed by atoms with Gasteiger partial charge in [-0.25, -0.2) is 0 Å². The second-order valence-electron chi connectivity index (χ2n) is 6.18. The van der Waals surface area contributed by atoms with Gasteiger partial charge in [-0.1, -0.05) is 41.4 Å². The Hall–Kier alpha value is -1.07. The molecule has 1 aromatic heterocycles. The van der Waals surface area contributed by atoms with Gasteiger partial charge in [0, 0.05) is 43.8 Å². The number of halogens is 2. The van der Waals surface area contributed by atoms with Gasteiger partial charge in [-0.2, -0.15) is 5.10 Å². The van der Waals surface area contributed by atoms with Crippen molar-refractivity contribution in [1.29, 1.82) is 0 Å². The van der Waals surface area contributed by atoms with E-state index in [0.29, 0.717) is 5.15 Å². The molecule has 23 heavy (non-hydrogen) atoms. The lowest BCUT2D eigenvalue weighted by Gasteiger charge is -2.38. The van der Waals surface area contributed by atoms with E-state index < -0.39 is 0 Å². The second-order valence-corrected chi connectivity index (χ2v) is 6.94. The predicted octanol–water partition coefficient (Wildman–Crippen LogP) is 3.37. The molecule has 3 rings (SSSR count). The standard InChI is InChI=1S/C17H22Cl2N4/c1-12-15(17(19)22(3)20-12)16(13-6-4-5-7-14(13)18)23-10-8-21(2)9-11-23/h4-7,16H,8-11H2,1-3H3/t16-/m1/s1. The molecule has 1 fully saturated rings. The van der Waals surface area contributed by atoms with Crippen LogP contribution < -0.4 is 0 Å². The number of aromatic nitrogens is 2. The summed E-state index contributed by atoms with van der Waals surface area (Å²) in [7, 11) is 4.04.